The molecule has 1 aliphatic heterocycles. The highest BCUT2D eigenvalue weighted by Gasteiger charge is 2.33. The molecule has 0 aliphatic carbocycles. The molecule has 1 saturated heterocycles. The van der Waals surface area contributed by atoms with Gasteiger partial charge in [0.15, 0.2) is 6.29 Å². The number of hydrogen-bond acceptors (Lipinski definition) is 6. The monoisotopic (exact) mass is 662 g/mol. The van der Waals surface area contributed by atoms with Gasteiger partial charge in [-0.3, -0.25) is 4.90 Å². The van der Waals surface area contributed by atoms with Gasteiger partial charge < -0.3 is 14.6 Å². The number of nitrogens with zero attached hydrogens (tertiary/aromatic N) is 1. The summed E-state index contributed by atoms with van der Waals surface area (Å²) in [6.45, 7) is 3.14. The molecular formula is C40H42N2O5S. The Morgan fingerprint density at radius 2 is 1.44 bits per heavy atom. The lowest BCUT2D eigenvalue weighted by Crippen LogP contribution is -2.38. The highest BCUT2D eigenvalue weighted by molar-refractivity contribution is 7.89. The molecule has 5 aromatic rings. The van der Waals surface area contributed by atoms with Crippen LogP contribution in [0.1, 0.15) is 59.6 Å². The van der Waals surface area contributed by atoms with E-state index < -0.39 is 16.3 Å². The van der Waals surface area contributed by atoms with Crippen molar-refractivity contribution in [3.63, 3.8) is 0 Å². The molecule has 48 heavy (non-hydrogen) atoms. The summed E-state index contributed by atoms with van der Waals surface area (Å²) in [4.78, 5) is 2.57. The van der Waals surface area contributed by atoms with Crippen molar-refractivity contribution >= 4 is 10.0 Å². The Hall–Kier alpha value is -4.15. The summed E-state index contributed by atoms with van der Waals surface area (Å²) < 4.78 is 41.4. The SMILES string of the molecule is CC(c1ccccc1)N(C)CC1CC(c2ccc(CO)cc2)OC(c2ccc(-c3cccc(CNS(=O)(=O)c4ccccc4)c3)cc2)O1. The van der Waals surface area contributed by atoms with Crippen molar-refractivity contribution in [1.82, 2.24) is 9.62 Å². The Labute approximate surface area is 283 Å². The predicted octanol–water partition coefficient (Wildman–Crippen LogP) is 7.56. The minimum absolute atomic E-state index is 0.000883. The summed E-state index contributed by atoms with van der Waals surface area (Å²) in [6.07, 6.45) is -0.0874. The zero-order chi connectivity index (χ0) is 33.5. The van der Waals surface area contributed by atoms with Gasteiger partial charge >= 0.3 is 0 Å². The van der Waals surface area contributed by atoms with Crippen molar-refractivity contribution in [2.75, 3.05) is 13.6 Å². The Morgan fingerprint density at radius 3 is 2.12 bits per heavy atom. The maximum Gasteiger partial charge on any atom is 0.240 e. The predicted molar refractivity (Wildman–Crippen MR) is 188 cm³/mol. The number of aliphatic hydroxyl groups is 1. The molecule has 5 aromatic carbocycles. The van der Waals surface area contributed by atoms with Gasteiger partial charge in [-0.05, 0) is 65.6 Å². The molecule has 248 valence electrons. The lowest BCUT2D eigenvalue weighted by Gasteiger charge is -2.39. The van der Waals surface area contributed by atoms with Crippen LogP contribution in [0.25, 0.3) is 11.1 Å². The average molecular weight is 663 g/mol. The normalized spacial score (nSPS) is 18.9. The molecule has 0 saturated carbocycles. The van der Waals surface area contributed by atoms with Crippen molar-refractivity contribution in [1.29, 1.82) is 0 Å². The summed E-state index contributed by atoms with van der Waals surface area (Å²) in [5.74, 6) is 0. The van der Waals surface area contributed by atoms with Crippen LogP contribution < -0.4 is 4.72 Å². The van der Waals surface area contributed by atoms with Gasteiger partial charge in [-0.25, -0.2) is 13.1 Å². The van der Waals surface area contributed by atoms with Crippen LogP contribution in [-0.2, 0) is 32.6 Å². The van der Waals surface area contributed by atoms with Crippen LogP contribution in [0.4, 0.5) is 0 Å². The van der Waals surface area contributed by atoms with Crippen LogP contribution in [0.2, 0.25) is 0 Å². The van der Waals surface area contributed by atoms with Gasteiger partial charge in [-0.2, -0.15) is 0 Å². The third-order valence-electron chi connectivity index (χ3n) is 9.01. The van der Waals surface area contributed by atoms with Crippen LogP contribution in [0.15, 0.2) is 138 Å². The Balaban J connectivity index is 1.18. The van der Waals surface area contributed by atoms with Crippen LogP contribution in [0, 0.1) is 0 Å². The van der Waals surface area contributed by atoms with Gasteiger partial charge in [0.2, 0.25) is 10.0 Å². The highest BCUT2D eigenvalue weighted by Crippen LogP contribution is 2.39. The summed E-state index contributed by atoms with van der Waals surface area (Å²) in [5, 5.41) is 9.55. The lowest BCUT2D eigenvalue weighted by molar-refractivity contribution is -0.253. The molecule has 8 heteroatoms. The second kappa shape index (κ2) is 15.4. The number of rotatable bonds is 12. The topological polar surface area (TPSA) is 88.1 Å². The zero-order valence-corrected chi connectivity index (χ0v) is 28.1. The molecule has 0 amide bonds. The fourth-order valence-electron chi connectivity index (χ4n) is 6.05. The van der Waals surface area contributed by atoms with Gasteiger partial charge in [0.05, 0.1) is 23.7 Å². The fourth-order valence-corrected chi connectivity index (χ4v) is 7.09. The number of ether oxygens (including phenoxy) is 2. The maximum absolute atomic E-state index is 12.7. The largest absolute Gasteiger partial charge is 0.392 e. The minimum Gasteiger partial charge on any atom is -0.392 e. The molecule has 0 bridgehead atoms. The van der Waals surface area contributed by atoms with Gasteiger partial charge in [0, 0.05) is 31.1 Å². The number of sulfonamides is 1. The number of benzene rings is 5. The van der Waals surface area contributed by atoms with E-state index in [1.54, 1.807) is 30.3 Å². The molecule has 6 rings (SSSR count). The molecule has 4 unspecified atom stereocenters. The van der Waals surface area contributed by atoms with Gasteiger partial charge in [0.1, 0.15) is 0 Å². The number of likely N-dealkylation sites (N-methyl/N-ethyl adjacent to an activating group) is 1. The molecule has 2 N–H and O–H groups in total. The standard InChI is InChI=1S/C40H42N2O5S/c1-29(32-11-5-3-6-12-32)42(2)27-37-25-39(34-18-16-30(28-43)17-19-34)47-40(46-37)35-22-20-33(21-23-35)36-13-9-10-31(24-36)26-41-48(44,45)38-14-7-4-8-15-38/h3-24,29,37,39-41,43H,25-28H2,1-2H3. The minimum atomic E-state index is -3.61. The second-order valence-corrected chi connectivity index (χ2v) is 14.1. The fraction of sp³-hybridized carbons (Fsp3) is 0.250. The first kappa shape index (κ1) is 33.7. The van der Waals surface area contributed by atoms with E-state index >= 15 is 0 Å². The van der Waals surface area contributed by atoms with Crippen LogP contribution >= 0.6 is 0 Å². The average Bonchev–Trinajstić information content (AvgIpc) is 3.14. The smallest absolute Gasteiger partial charge is 0.240 e. The van der Waals surface area contributed by atoms with Crippen LogP contribution in [-0.4, -0.2) is 38.1 Å². The molecule has 1 heterocycles. The van der Waals surface area contributed by atoms with E-state index in [0.717, 1.165) is 39.9 Å². The molecule has 0 radical (unpaired) electrons. The third-order valence-corrected chi connectivity index (χ3v) is 10.4. The van der Waals surface area contributed by atoms with E-state index in [-0.39, 0.29) is 36.3 Å². The molecule has 0 spiro atoms. The van der Waals surface area contributed by atoms with E-state index in [1.165, 1.54) is 5.56 Å². The summed E-state index contributed by atoms with van der Waals surface area (Å²) >= 11 is 0. The first-order valence-electron chi connectivity index (χ1n) is 16.3. The Bertz CT molecular complexity index is 1870. The van der Waals surface area contributed by atoms with Crippen LogP contribution in [0.3, 0.4) is 0 Å². The zero-order valence-electron chi connectivity index (χ0n) is 27.3. The maximum atomic E-state index is 12.7. The summed E-state index contributed by atoms with van der Waals surface area (Å²) in [7, 11) is -1.47. The van der Waals surface area contributed by atoms with Crippen molar-refractivity contribution in [3.8, 4) is 11.1 Å². The summed E-state index contributed by atoms with van der Waals surface area (Å²) in [5.41, 5.74) is 6.95. The van der Waals surface area contributed by atoms with Crippen molar-refractivity contribution < 1.29 is 23.0 Å². The van der Waals surface area contributed by atoms with E-state index in [9.17, 15) is 13.5 Å². The van der Waals surface area contributed by atoms with Crippen molar-refractivity contribution in [2.24, 2.45) is 0 Å². The molecule has 0 aromatic heterocycles. The highest BCUT2D eigenvalue weighted by atomic mass is 32.2. The van der Waals surface area contributed by atoms with E-state index in [0.29, 0.717) is 6.42 Å². The van der Waals surface area contributed by atoms with E-state index in [2.05, 4.69) is 47.9 Å². The quantitative estimate of drug-likeness (QED) is 0.143. The first-order valence-corrected chi connectivity index (χ1v) is 17.8. The Kier molecular flexibility index (Phi) is 10.8. The Morgan fingerprint density at radius 1 is 0.771 bits per heavy atom. The van der Waals surface area contributed by atoms with Gasteiger partial charge in [-0.1, -0.05) is 115 Å². The van der Waals surface area contributed by atoms with Crippen LogP contribution in [0.5, 0.6) is 0 Å². The second-order valence-electron chi connectivity index (χ2n) is 12.3. The third kappa shape index (κ3) is 8.28. The van der Waals surface area contributed by atoms with Gasteiger partial charge in [-0.15, -0.1) is 0 Å². The molecule has 1 aliphatic rings. The molecule has 7 nitrogen and oxygen atoms in total. The van der Waals surface area contributed by atoms with E-state index in [4.69, 9.17) is 9.47 Å². The molecule has 1 fully saturated rings. The number of hydrogen-bond donors (Lipinski definition) is 2. The van der Waals surface area contributed by atoms with Gasteiger partial charge in [0.25, 0.3) is 0 Å². The number of aliphatic hydroxyl groups excluding tert-OH is 1. The molecular weight excluding hydrogens is 621 g/mol. The molecule has 4 atom stereocenters. The lowest BCUT2D eigenvalue weighted by atomic mass is 9.98. The first-order chi connectivity index (χ1) is 23.3. The van der Waals surface area contributed by atoms with Crippen molar-refractivity contribution in [2.45, 2.75) is 55.9 Å². The summed E-state index contributed by atoms with van der Waals surface area (Å²) in [6, 6.07) is 43.1. The van der Waals surface area contributed by atoms with Crippen molar-refractivity contribution in [3.05, 3.63) is 161 Å². The number of nitrogens with one attached hydrogen (secondary N) is 1. The van der Waals surface area contributed by atoms with E-state index in [1.807, 2.05) is 78.9 Å².